The first kappa shape index (κ1) is 23.4. The summed E-state index contributed by atoms with van der Waals surface area (Å²) in [6.07, 6.45) is 2.17. The summed E-state index contributed by atoms with van der Waals surface area (Å²) in [5.74, 6) is 0.668. The molecule has 0 bridgehead atoms. The summed E-state index contributed by atoms with van der Waals surface area (Å²) in [5.41, 5.74) is 8.21. The Hall–Kier alpha value is -1.27. The summed E-state index contributed by atoms with van der Waals surface area (Å²) in [7, 11) is 9.87. The van der Waals surface area contributed by atoms with E-state index in [1.165, 1.54) is 44.2 Å². The quantitative estimate of drug-likeness (QED) is 0.234. The first-order chi connectivity index (χ1) is 14.6. The Kier molecular flexibility index (Phi) is 8.88. The second-order valence-electron chi connectivity index (χ2n) is 7.90. The average Bonchev–Trinajstić information content (AvgIpc) is 3.16. The molecule has 0 nitrogen and oxygen atoms in total. The number of aryl methyl sites for hydroxylation is 1. The van der Waals surface area contributed by atoms with Crippen LogP contribution in [0.3, 0.4) is 0 Å². The van der Waals surface area contributed by atoms with Crippen molar-refractivity contribution >= 4 is 27.8 Å². The maximum atomic E-state index is 4.93. The van der Waals surface area contributed by atoms with Gasteiger partial charge in [-0.05, 0) is 41.0 Å². The van der Waals surface area contributed by atoms with Crippen LogP contribution in [0, 0.1) is 5.92 Å². The summed E-state index contributed by atoms with van der Waals surface area (Å²) in [6, 6.07) is 29.0. The number of benzene rings is 3. The summed E-state index contributed by atoms with van der Waals surface area (Å²) < 4.78 is 0. The fourth-order valence-corrected chi connectivity index (χ4v) is 4.15. The minimum absolute atomic E-state index is 0.668. The van der Waals surface area contributed by atoms with Crippen molar-refractivity contribution in [3.05, 3.63) is 90.0 Å². The molecule has 0 spiro atoms. The van der Waals surface area contributed by atoms with E-state index in [2.05, 4.69) is 99.6 Å². The molecular formula is C27H27Cl2Zr-. The van der Waals surface area contributed by atoms with E-state index in [4.69, 9.17) is 17.0 Å². The van der Waals surface area contributed by atoms with Gasteiger partial charge in [0.25, 0.3) is 0 Å². The van der Waals surface area contributed by atoms with Crippen LogP contribution in [0.15, 0.2) is 78.9 Å². The molecule has 4 aromatic carbocycles. The Morgan fingerprint density at radius 1 is 0.867 bits per heavy atom. The monoisotopic (exact) mass is 511 g/mol. The molecule has 0 aliphatic carbocycles. The number of hydrogen-bond acceptors (Lipinski definition) is 0. The predicted molar refractivity (Wildman–Crippen MR) is 130 cm³/mol. The Morgan fingerprint density at radius 2 is 1.53 bits per heavy atom. The van der Waals surface area contributed by atoms with Crippen LogP contribution >= 0.6 is 17.0 Å². The summed E-state index contributed by atoms with van der Waals surface area (Å²) in [5, 5.41) is 2.74. The van der Waals surface area contributed by atoms with Crippen molar-refractivity contribution in [2.24, 2.45) is 5.92 Å². The Morgan fingerprint density at radius 3 is 2.20 bits per heavy atom. The SMILES string of the molecule is CCc1ccccc1-c1c(-c2ccccc2)ccc2[cH-]c(CC(C)C)cc12.[Cl][Zr][Cl]. The van der Waals surface area contributed by atoms with Gasteiger partial charge < -0.3 is 0 Å². The van der Waals surface area contributed by atoms with Gasteiger partial charge in [0.2, 0.25) is 0 Å². The molecule has 0 N–H and O–H groups in total. The molecule has 0 heterocycles. The fourth-order valence-electron chi connectivity index (χ4n) is 4.15. The second-order valence-corrected chi connectivity index (χ2v) is 11.6. The van der Waals surface area contributed by atoms with Crippen LogP contribution in [0.25, 0.3) is 33.0 Å². The third kappa shape index (κ3) is 5.50. The second kappa shape index (κ2) is 11.4. The van der Waals surface area contributed by atoms with Crippen LogP contribution in [0.2, 0.25) is 0 Å². The van der Waals surface area contributed by atoms with E-state index in [0.29, 0.717) is 5.92 Å². The van der Waals surface area contributed by atoms with Gasteiger partial charge in [-0.1, -0.05) is 87.0 Å². The van der Waals surface area contributed by atoms with Gasteiger partial charge in [0, 0.05) is 0 Å². The van der Waals surface area contributed by atoms with E-state index in [1.807, 2.05) is 0 Å². The topological polar surface area (TPSA) is 0 Å². The van der Waals surface area contributed by atoms with Gasteiger partial charge in [0.15, 0.2) is 0 Å². The van der Waals surface area contributed by atoms with Crippen LogP contribution in [-0.2, 0) is 33.7 Å². The summed E-state index contributed by atoms with van der Waals surface area (Å²) in [4.78, 5) is 0. The van der Waals surface area contributed by atoms with Crippen LogP contribution < -0.4 is 0 Å². The van der Waals surface area contributed by atoms with Gasteiger partial charge in [-0.15, -0.1) is 28.5 Å². The molecule has 0 atom stereocenters. The minimum atomic E-state index is -0.826. The molecule has 30 heavy (non-hydrogen) atoms. The molecule has 4 aromatic rings. The zero-order valence-electron chi connectivity index (χ0n) is 17.8. The standard InChI is InChI=1S/C27H27.2ClH.Zr/c1-4-21-10-8-9-13-24(21)27-25(22-11-6-5-7-12-22)15-14-23-17-20(16-19(2)3)18-26(23)27;;;/h5-15,17-19H,4,16H2,1-3H3;2*1H;/q-1;;;+2/p-2. The molecule has 0 unspecified atom stereocenters. The maximum absolute atomic E-state index is 4.93. The van der Waals surface area contributed by atoms with Gasteiger partial charge >= 0.3 is 37.9 Å². The molecule has 0 aliphatic rings. The van der Waals surface area contributed by atoms with E-state index in [1.54, 1.807) is 0 Å². The van der Waals surface area contributed by atoms with Gasteiger partial charge in [0.05, 0.1) is 0 Å². The van der Waals surface area contributed by atoms with Crippen molar-refractivity contribution in [3.63, 3.8) is 0 Å². The molecule has 4 rings (SSSR count). The average molecular weight is 514 g/mol. The van der Waals surface area contributed by atoms with Crippen molar-refractivity contribution in [2.75, 3.05) is 0 Å². The van der Waals surface area contributed by atoms with Gasteiger partial charge in [-0.3, -0.25) is 0 Å². The van der Waals surface area contributed by atoms with Crippen LogP contribution in [0.5, 0.6) is 0 Å². The number of halogens is 2. The van der Waals surface area contributed by atoms with Crippen molar-refractivity contribution in [1.82, 2.24) is 0 Å². The zero-order valence-corrected chi connectivity index (χ0v) is 21.7. The number of hydrogen-bond donors (Lipinski definition) is 0. The molecular weight excluding hydrogens is 486 g/mol. The normalized spacial score (nSPS) is 10.7. The van der Waals surface area contributed by atoms with Crippen LogP contribution in [0.4, 0.5) is 0 Å². The van der Waals surface area contributed by atoms with Crippen LogP contribution in [-0.4, -0.2) is 0 Å². The molecule has 0 fully saturated rings. The molecule has 154 valence electrons. The van der Waals surface area contributed by atoms with Crippen molar-refractivity contribution in [1.29, 1.82) is 0 Å². The molecule has 0 aromatic heterocycles. The fraction of sp³-hybridized carbons (Fsp3) is 0.222. The predicted octanol–water partition coefficient (Wildman–Crippen LogP) is 9.03. The number of fused-ring (bicyclic) bond motifs is 1. The van der Waals surface area contributed by atoms with Crippen molar-refractivity contribution < 1.29 is 20.8 Å². The first-order valence-electron chi connectivity index (χ1n) is 10.4. The third-order valence-electron chi connectivity index (χ3n) is 5.35. The zero-order chi connectivity index (χ0) is 21.5. The van der Waals surface area contributed by atoms with E-state index in [-0.39, 0.29) is 0 Å². The first-order valence-corrected chi connectivity index (χ1v) is 16.7. The molecule has 0 aliphatic heterocycles. The van der Waals surface area contributed by atoms with Crippen molar-refractivity contribution in [3.8, 4) is 22.3 Å². The van der Waals surface area contributed by atoms with E-state index < -0.39 is 20.8 Å². The molecule has 0 radical (unpaired) electrons. The van der Waals surface area contributed by atoms with Crippen LogP contribution in [0.1, 0.15) is 31.9 Å². The molecule has 3 heteroatoms. The third-order valence-corrected chi connectivity index (χ3v) is 5.35. The van der Waals surface area contributed by atoms with E-state index in [0.717, 1.165) is 12.8 Å². The summed E-state index contributed by atoms with van der Waals surface area (Å²) >= 11 is -0.826. The van der Waals surface area contributed by atoms with Gasteiger partial charge in [-0.25, -0.2) is 0 Å². The molecule has 0 amide bonds. The summed E-state index contributed by atoms with van der Waals surface area (Å²) in [6.45, 7) is 6.83. The van der Waals surface area contributed by atoms with Crippen molar-refractivity contribution in [2.45, 2.75) is 33.6 Å². The Bertz CT molecular complexity index is 1080. The Labute approximate surface area is 199 Å². The van der Waals surface area contributed by atoms with E-state index in [9.17, 15) is 0 Å². The van der Waals surface area contributed by atoms with Gasteiger partial charge in [0.1, 0.15) is 0 Å². The van der Waals surface area contributed by atoms with Gasteiger partial charge in [-0.2, -0.15) is 6.07 Å². The molecule has 0 saturated carbocycles. The number of rotatable bonds is 5. The Balaban J connectivity index is 0.000000806. The molecule has 0 saturated heterocycles. The van der Waals surface area contributed by atoms with E-state index >= 15 is 0 Å².